The fraction of sp³-hybridized carbons (Fsp3) is 0.350. The van der Waals surface area contributed by atoms with Crippen molar-refractivity contribution in [1.82, 2.24) is 15.8 Å². The number of hydrogen-bond donors (Lipinski definition) is 4. The summed E-state index contributed by atoms with van der Waals surface area (Å²) in [4.78, 5) is 27.8. The molecule has 0 spiro atoms. The predicted octanol–water partition coefficient (Wildman–Crippen LogP) is 2.02. The number of carbonyl (C=O) groups is 2. The van der Waals surface area contributed by atoms with Gasteiger partial charge in [0.1, 0.15) is 5.82 Å². The summed E-state index contributed by atoms with van der Waals surface area (Å²) in [7, 11) is 1.81. The van der Waals surface area contributed by atoms with E-state index < -0.39 is 5.91 Å². The van der Waals surface area contributed by atoms with E-state index in [9.17, 15) is 9.59 Å². The number of carbonyl (C=O) groups excluding carboxylic acids is 2. The zero-order valence-electron chi connectivity index (χ0n) is 15.3. The molecule has 1 aromatic heterocycles. The van der Waals surface area contributed by atoms with Crippen LogP contribution in [-0.2, 0) is 17.6 Å². The van der Waals surface area contributed by atoms with E-state index in [1.54, 1.807) is 17.7 Å². The van der Waals surface area contributed by atoms with Gasteiger partial charge in [-0.05, 0) is 73.2 Å². The summed E-state index contributed by atoms with van der Waals surface area (Å²) in [5, 5.41) is 14.6. The van der Waals surface area contributed by atoms with Crippen molar-refractivity contribution in [1.29, 1.82) is 0 Å². The van der Waals surface area contributed by atoms with E-state index in [-0.39, 0.29) is 5.91 Å². The van der Waals surface area contributed by atoms with Crippen LogP contribution in [0.5, 0.6) is 0 Å². The molecule has 1 atom stereocenters. The lowest BCUT2D eigenvalue weighted by Gasteiger charge is -2.25. The van der Waals surface area contributed by atoms with Crippen molar-refractivity contribution < 1.29 is 14.8 Å². The van der Waals surface area contributed by atoms with Crippen LogP contribution < -0.4 is 16.1 Å². The predicted molar refractivity (Wildman–Crippen MR) is 102 cm³/mol. The molecule has 1 aromatic carbocycles. The zero-order chi connectivity index (χ0) is 19.2. The highest BCUT2D eigenvalue weighted by molar-refractivity contribution is 5.93. The summed E-state index contributed by atoms with van der Waals surface area (Å²) >= 11 is 0. The molecule has 7 heteroatoms. The monoisotopic (exact) mass is 368 g/mol. The summed E-state index contributed by atoms with van der Waals surface area (Å²) in [6, 6.07) is 9.43. The van der Waals surface area contributed by atoms with Crippen LogP contribution >= 0.6 is 0 Å². The normalized spacial score (nSPS) is 15.7. The van der Waals surface area contributed by atoms with Crippen molar-refractivity contribution in [2.45, 2.75) is 31.6 Å². The molecule has 142 valence electrons. The Kier molecular flexibility index (Phi) is 6.16. The van der Waals surface area contributed by atoms with Crippen molar-refractivity contribution in [2.75, 3.05) is 18.9 Å². The SMILES string of the molecule is CNCCC(=O)Nc1cc(C2CCc3ccc(C(=O)NO)cc3C2)ccn1. The van der Waals surface area contributed by atoms with Crippen LogP contribution in [0.1, 0.15) is 45.8 Å². The van der Waals surface area contributed by atoms with Crippen LogP contribution in [0.25, 0.3) is 0 Å². The minimum atomic E-state index is -0.504. The van der Waals surface area contributed by atoms with Gasteiger partial charge in [0.15, 0.2) is 0 Å². The van der Waals surface area contributed by atoms with Crippen molar-refractivity contribution in [3.63, 3.8) is 0 Å². The fourth-order valence-corrected chi connectivity index (χ4v) is 3.46. The Hall–Kier alpha value is -2.77. The highest BCUT2D eigenvalue weighted by atomic mass is 16.5. The van der Waals surface area contributed by atoms with Gasteiger partial charge in [0, 0.05) is 24.7 Å². The lowest BCUT2D eigenvalue weighted by atomic mass is 9.80. The first-order valence-corrected chi connectivity index (χ1v) is 9.07. The van der Waals surface area contributed by atoms with Gasteiger partial charge >= 0.3 is 0 Å². The third-order valence-corrected chi connectivity index (χ3v) is 4.92. The van der Waals surface area contributed by atoms with Crippen molar-refractivity contribution in [3.05, 3.63) is 58.8 Å². The van der Waals surface area contributed by atoms with Gasteiger partial charge in [0.05, 0.1) is 0 Å². The molecule has 0 radical (unpaired) electrons. The molecule has 0 bridgehead atoms. The maximum Gasteiger partial charge on any atom is 0.274 e. The Morgan fingerprint density at radius 2 is 2.07 bits per heavy atom. The second kappa shape index (κ2) is 8.75. The van der Waals surface area contributed by atoms with Gasteiger partial charge in [-0.25, -0.2) is 10.5 Å². The van der Waals surface area contributed by atoms with Crippen LogP contribution in [0.15, 0.2) is 36.5 Å². The number of amides is 2. The number of hydroxylamine groups is 1. The number of rotatable bonds is 6. The smallest absolute Gasteiger partial charge is 0.274 e. The Balaban J connectivity index is 1.74. The molecule has 2 aromatic rings. The van der Waals surface area contributed by atoms with Crippen molar-refractivity contribution >= 4 is 17.6 Å². The molecule has 0 saturated heterocycles. The molecule has 0 fully saturated rings. The first kappa shape index (κ1) is 19.0. The molecule has 1 heterocycles. The van der Waals surface area contributed by atoms with Gasteiger partial charge in [-0.2, -0.15) is 0 Å². The van der Waals surface area contributed by atoms with Crippen LogP contribution in [0.3, 0.4) is 0 Å². The Morgan fingerprint density at radius 3 is 2.85 bits per heavy atom. The van der Waals surface area contributed by atoms with Crippen LogP contribution in [0.2, 0.25) is 0 Å². The number of nitrogens with one attached hydrogen (secondary N) is 3. The molecule has 4 N–H and O–H groups in total. The number of benzene rings is 1. The maximum atomic E-state index is 11.9. The number of aryl methyl sites for hydroxylation is 1. The van der Waals surface area contributed by atoms with Gasteiger partial charge < -0.3 is 10.6 Å². The van der Waals surface area contributed by atoms with Gasteiger partial charge in [-0.3, -0.25) is 14.8 Å². The minimum absolute atomic E-state index is 0.0670. The number of pyridine rings is 1. The van der Waals surface area contributed by atoms with E-state index in [2.05, 4.69) is 15.6 Å². The molecular formula is C20H24N4O3. The average molecular weight is 368 g/mol. The number of fused-ring (bicyclic) bond motifs is 1. The zero-order valence-corrected chi connectivity index (χ0v) is 15.3. The quantitative estimate of drug-likeness (QED) is 0.461. The summed E-state index contributed by atoms with van der Waals surface area (Å²) < 4.78 is 0. The Labute approximate surface area is 158 Å². The van der Waals surface area contributed by atoms with Crippen LogP contribution in [-0.4, -0.2) is 35.6 Å². The highest BCUT2D eigenvalue weighted by Crippen LogP contribution is 2.33. The number of nitrogens with zero attached hydrogens (tertiary/aromatic N) is 1. The van der Waals surface area contributed by atoms with Crippen molar-refractivity contribution in [2.24, 2.45) is 0 Å². The van der Waals surface area contributed by atoms with E-state index in [1.807, 2.05) is 31.3 Å². The van der Waals surface area contributed by atoms with E-state index in [1.165, 1.54) is 5.56 Å². The molecule has 2 amide bonds. The van der Waals surface area contributed by atoms with Crippen molar-refractivity contribution in [3.8, 4) is 0 Å². The molecule has 3 rings (SSSR count). The topological polar surface area (TPSA) is 103 Å². The summed E-state index contributed by atoms with van der Waals surface area (Å²) in [5.74, 6) is 0.284. The molecule has 27 heavy (non-hydrogen) atoms. The standard InChI is InChI=1S/C20H24N4O3/c1-21-8-7-19(25)23-18-12-15(6-9-22-18)14-4-2-13-3-5-16(20(26)24-27)11-17(13)10-14/h3,5-6,9,11-12,14,21,27H,2,4,7-8,10H2,1H3,(H,24,26)(H,22,23,25). The molecule has 7 nitrogen and oxygen atoms in total. The van der Waals surface area contributed by atoms with E-state index in [0.717, 1.165) is 30.4 Å². The first-order chi connectivity index (χ1) is 13.1. The molecule has 0 aliphatic heterocycles. The van der Waals surface area contributed by atoms with E-state index in [4.69, 9.17) is 5.21 Å². The fourth-order valence-electron chi connectivity index (χ4n) is 3.46. The molecule has 1 aliphatic rings. The lowest BCUT2D eigenvalue weighted by molar-refractivity contribution is -0.116. The maximum absolute atomic E-state index is 11.9. The second-order valence-electron chi connectivity index (χ2n) is 6.74. The number of hydrogen-bond acceptors (Lipinski definition) is 5. The third kappa shape index (κ3) is 4.69. The molecule has 1 aliphatic carbocycles. The Bertz CT molecular complexity index is 838. The van der Waals surface area contributed by atoms with E-state index in [0.29, 0.717) is 30.3 Å². The number of anilines is 1. The van der Waals surface area contributed by atoms with Gasteiger partial charge in [-0.15, -0.1) is 0 Å². The first-order valence-electron chi connectivity index (χ1n) is 9.07. The largest absolute Gasteiger partial charge is 0.319 e. The van der Waals surface area contributed by atoms with Gasteiger partial charge in [0.2, 0.25) is 5.91 Å². The van der Waals surface area contributed by atoms with E-state index >= 15 is 0 Å². The highest BCUT2D eigenvalue weighted by Gasteiger charge is 2.22. The Morgan fingerprint density at radius 1 is 1.22 bits per heavy atom. The summed E-state index contributed by atoms with van der Waals surface area (Å²) in [5.41, 5.74) is 5.60. The average Bonchev–Trinajstić information content (AvgIpc) is 2.71. The number of aromatic nitrogens is 1. The summed E-state index contributed by atoms with van der Waals surface area (Å²) in [6.07, 6.45) is 4.84. The molecule has 1 unspecified atom stereocenters. The second-order valence-corrected chi connectivity index (χ2v) is 6.74. The van der Waals surface area contributed by atoms with Crippen LogP contribution in [0, 0.1) is 0 Å². The lowest BCUT2D eigenvalue weighted by Crippen LogP contribution is -2.20. The van der Waals surface area contributed by atoms with Gasteiger partial charge in [-0.1, -0.05) is 6.07 Å². The third-order valence-electron chi connectivity index (χ3n) is 4.92. The van der Waals surface area contributed by atoms with Crippen LogP contribution in [0.4, 0.5) is 5.82 Å². The minimum Gasteiger partial charge on any atom is -0.319 e. The molecular weight excluding hydrogens is 344 g/mol. The summed E-state index contributed by atoms with van der Waals surface area (Å²) in [6.45, 7) is 0.620. The van der Waals surface area contributed by atoms with Gasteiger partial charge in [0.25, 0.3) is 5.91 Å². The molecule has 0 saturated carbocycles.